The van der Waals surface area contributed by atoms with Crippen LogP contribution < -0.4 is 4.74 Å². The van der Waals surface area contributed by atoms with Gasteiger partial charge in [-0.25, -0.2) is 4.79 Å². The van der Waals surface area contributed by atoms with E-state index in [2.05, 4.69) is 9.72 Å². The smallest absolute Gasteiger partial charge is 0.387 e. The largest absolute Gasteiger partial charge is 0.457 e. The van der Waals surface area contributed by atoms with Gasteiger partial charge < -0.3 is 9.47 Å². The maximum absolute atomic E-state index is 12.1. The first-order valence-corrected chi connectivity index (χ1v) is 5.76. The predicted octanol–water partition coefficient (Wildman–Crippen LogP) is 3.04. The highest BCUT2D eigenvalue weighted by molar-refractivity contribution is 5.89. The van der Waals surface area contributed by atoms with Crippen LogP contribution in [-0.4, -0.2) is 17.6 Å². The summed E-state index contributed by atoms with van der Waals surface area (Å²) in [5.41, 5.74) is 0.936. The van der Waals surface area contributed by atoms with Crippen molar-refractivity contribution in [3.05, 3.63) is 59.9 Å². The van der Waals surface area contributed by atoms with Crippen LogP contribution in [0.25, 0.3) is 0 Å². The van der Waals surface area contributed by atoms with Gasteiger partial charge in [0, 0.05) is 12.4 Å². The van der Waals surface area contributed by atoms with Crippen LogP contribution in [-0.2, 0) is 11.3 Å². The number of aromatic nitrogens is 1. The number of pyridine rings is 1. The van der Waals surface area contributed by atoms with Crippen LogP contribution in [0.15, 0.2) is 48.8 Å². The van der Waals surface area contributed by atoms with Gasteiger partial charge in [0.05, 0.1) is 5.56 Å². The second kappa shape index (κ2) is 6.60. The van der Waals surface area contributed by atoms with Gasteiger partial charge >= 0.3 is 12.6 Å². The topological polar surface area (TPSA) is 48.4 Å². The molecule has 0 amide bonds. The van der Waals surface area contributed by atoms with Crippen molar-refractivity contribution in [2.75, 3.05) is 0 Å². The molecule has 1 aromatic carbocycles. The summed E-state index contributed by atoms with van der Waals surface area (Å²) in [5.74, 6) is -0.481. The fourth-order valence-electron chi connectivity index (χ4n) is 1.53. The lowest BCUT2D eigenvalue weighted by atomic mass is 10.2. The van der Waals surface area contributed by atoms with E-state index >= 15 is 0 Å². The third-order valence-electron chi connectivity index (χ3n) is 2.41. The van der Waals surface area contributed by atoms with Crippen LogP contribution in [0.4, 0.5) is 8.78 Å². The number of esters is 1. The first-order valence-electron chi connectivity index (χ1n) is 5.76. The average molecular weight is 279 g/mol. The van der Waals surface area contributed by atoms with E-state index in [0.717, 1.165) is 0 Å². The van der Waals surface area contributed by atoms with Gasteiger partial charge in [-0.1, -0.05) is 12.1 Å². The zero-order chi connectivity index (χ0) is 14.4. The quantitative estimate of drug-likeness (QED) is 0.789. The molecule has 1 aromatic heterocycles. The molecule has 2 rings (SSSR count). The van der Waals surface area contributed by atoms with Gasteiger partial charge in [0.1, 0.15) is 12.4 Å². The molecule has 20 heavy (non-hydrogen) atoms. The highest BCUT2D eigenvalue weighted by atomic mass is 19.3. The minimum Gasteiger partial charge on any atom is -0.457 e. The number of carbonyl (C=O) groups is 1. The monoisotopic (exact) mass is 279 g/mol. The van der Waals surface area contributed by atoms with Gasteiger partial charge in [0.2, 0.25) is 0 Å². The molecule has 0 bridgehead atoms. The zero-order valence-corrected chi connectivity index (χ0v) is 10.3. The van der Waals surface area contributed by atoms with E-state index in [1.165, 1.54) is 36.7 Å². The Bertz CT molecular complexity index is 576. The lowest BCUT2D eigenvalue weighted by molar-refractivity contribution is -0.0499. The predicted molar refractivity (Wildman–Crippen MR) is 66.4 cm³/mol. The average Bonchev–Trinajstić information content (AvgIpc) is 2.45. The molecule has 4 nitrogen and oxygen atoms in total. The van der Waals surface area contributed by atoms with Crippen molar-refractivity contribution in [1.29, 1.82) is 0 Å². The van der Waals surface area contributed by atoms with E-state index in [1.807, 2.05) is 0 Å². The third kappa shape index (κ3) is 4.01. The van der Waals surface area contributed by atoms with E-state index in [-0.39, 0.29) is 12.4 Å². The van der Waals surface area contributed by atoms with Crippen LogP contribution in [0, 0.1) is 0 Å². The van der Waals surface area contributed by atoms with E-state index in [1.54, 1.807) is 12.1 Å². The second-order valence-electron chi connectivity index (χ2n) is 3.84. The summed E-state index contributed by atoms with van der Waals surface area (Å²) in [6.45, 7) is -2.91. The molecule has 0 spiro atoms. The minimum atomic E-state index is -2.88. The number of rotatable bonds is 5. The Kier molecular flexibility index (Phi) is 4.60. The minimum absolute atomic E-state index is 0.0254. The lowest BCUT2D eigenvalue weighted by Gasteiger charge is -2.07. The van der Waals surface area contributed by atoms with Crippen molar-refractivity contribution >= 4 is 5.97 Å². The summed E-state index contributed by atoms with van der Waals surface area (Å²) in [7, 11) is 0. The van der Waals surface area contributed by atoms with Crippen molar-refractivity contribution in [2.45, 2.75) is 13.2 Å². The van der Waals surface area contributed by atoms with Gasteiger partial charge in [0.25, 0.3) is 0 Å². The van der Waals surface area contributed by atoms with E-state index < -0.39 is 12.6 Å². The van der Waals surface area contributed by atoms with E-state index in [9.17, 15) is 13.6 Å². The molecule has 104 valence electrons. The molecule has 0 fully saturated rings. The number of benzene rings is 1. The summed E-state index contributed by atoms with van der Waals surface area (Å²) in [5, 5.41) is 0. The molecule has 0 saturated heterocycles. The normalized spacial score (nSPS) is 10.3. The van der Waals surface area contributed by atoms with Crippen molar-refractivity contribution in [3.63, 3.8) is 0 Å². The van der Waals surface area contributed by atoms with Crippen LogP contribution in [0.1, 0.15) is 15.9 Å². The fraction of sp³-hybridized carbons (Fsp3) is 0.143. The van der Waals surface area contributed by atoms with Gasteiger partial charge in [-0.3, -0.25) is 4.98 Å². The first-order chi connectivity index (χ1) is 9.65. The van der Waals surface area contributed by atoms with E-state index in [0.29, 0.717) is 11.1 Å². The highest BCUT2D eigenvalue weighted by Gasteiger charge is 2.08. The third-order valence-corrected chi connectivity index (χ3v) is 2.41. The van der Waals surface area contributed by atoms with Gasteiger partial charge in [-0.05, 0) is 29.8 Å². The SMILES string of the molecule is O=C(OCc1cccc(OC(F)F)c1)c1ccncc1. The summed E-state index contributed by atoms with van der Waals surface area (Å²) in [4.78, 5) is 15.5. The molecule has 0 atom stereocenters. The fourth-order valence-corrected chi connectivity index (χ4v) is 1.53. The summed E-state index contributed by atoms with van der Waals surface area (Å²) >= 11 is 0. The Morgan fingerprint density at radius 2 is 1.95 bits per heavy atom. The molecule has 0 aliphatic carbocycles. The Labute approximate surface area is 114 Å². The van der Waals surface area contributed by atoms with Gasteiger partial charge in [0.15, 0.2) is 0 Å². The molecular formula is C14H11F2NO3. The molecule has 0 aliphatic rings. The Morgan fingerprint density at radius 3 is 2.65 bits per heavy atom. The van der Waals surface area contributed by atoms with Crippen molar-refractivity contribution in [3.8, 4) is 5.75 Å². The number of ether oxygens (including phenoxy) is 2. The molecule has 0 aliphatic heterocycles. The molecule has 0 saturated carbocycles. The Balaban J connectivity index is 1.95. The summed E-state index contributed by atoms with van der Waals surface area (Å²) in [6, 6.07) is 9.05. The number of carbonyl (C=O) groups excluding carboxylic acids is 1. The first kappa shape index (κ1) is 13.9. The van der Waals surface area contributed by atoms with Gasteiger partial charge in [-0.15, -0.1) is 0 Å². The maximum atomic E-state index is 12.1. The standard InChI is InChI=1S/C14H11F2NO3/c15-14(16)20-12-3-1-2-10(8-12)9-19-13(18)11-4-6-17-7-5-11/h1-8,14H,9H2. The molecule has 2 aromatic rings. The molecular weight excluding hydrogens is 268 g/mol. The van der Waals surface area contributed by atoms with E-state index in [4.69, 9.17) is 4.74 Å². The molecule has 1 heterocycles. The van der Waals surface area contributed by atoms with Crippen LogP contribution >= 0.6 is 0 Å². The lowest BCUT2D eigenvalue weighted by Crippen LogP contribution is -2.06. The Hall–Kier alpha value is -2.50. The number of hydrogen-bond acceptors (Lipinski definition) is 4. The van der Waals surface area contributed by atoms with Crippen LogP contribution in [0.5, 0.6) is 5.75 Å². The zero-order valence-electron chi connectivity index (χ0n) is 10.3. The number of nitrogens with zero attached hydrogens (tertiary/aromatic N) is 1. The summed E-state index contributed by atoms with van der Waals surface area (Å²) < 4.78 is 33.5. The molecule has 0 unspecified atom stereocenters. The van der Waals surface area contributed by atoms with Crippen LogP contribution in [0.2, 0.25) is 0 Å². The molecule has 6 heteroatoms. The Morgan fingerprint density at radius 1 is 1.20 bits per heavy atom. The number of hydrogen-bond donors (Lipinski definition) is 0. The molecule has 0 N–H and O–H groups in total. The van der Waals surface area contributed by atoms with Crippen LogP contribution in [0.3, 0.4) is 0 Å². The van der Waals surface area contributed by atoms with Crippen molar-refractivity contribution < 1.29 is 23.0 Å². The highest BCUT2D eigenvalue weighted by Crippen LogP contribution is 2.16. The van der Waals surface area contributed by atoms with Crippen molar-refractivity contribution in [2.24, 2.45) is 0 Å². The number of alkyl halides is 2. The van der Waals surface area contributed by atoms with Crippen molar-refractivity contribution in [1.82, 2.24) is 4.98 Å². The number of halogens is 2. The summed E-state index contributed by atoms with van der Waals surface area (Å²) in [6.07, 6.45) is 2.96. The second-order valence-corrected chi connectivity index (χ2v) is 3.84. The maximum Gasteiger partial charge on any atom is 0.387 e. The molecule has 0 radical (unpaired) electrons. The van der Waals surface area contributed by atoms with Gasteiger partial charge in [-0.2, -0.15) is 8.78 Å².